The van der Waals surface area contributed by atoms with Gasteiger partial charge in [-0.2, -0.15) is 13.2 Å². The number of alkyl halides is 3. The summed E-state index contributed by atoms with van der Waals surface area (Å²) in [6, 6.07) is 16.9. The molecule has 0 aromatic heterocycles. The summed E-state index contributed by atoms with van der Waals surface area (Å²) >= 11 is 0. The van der Waals surface area contributed by atoms with Crippen molar-refractivity contribution in [3.05, 3.63) is 65.7 Å². The van der Waals surface area contributed by atoms with Crippen LogP contribution < -0.4 is 10.1 Å². The van der Waals surface area contributed by atoms with Crippen LogP contribution in [0.15, 0.2) is 54.6 Å². The molecule has 5 rings (SSSR count). The predicted molar refractivity (Wildman–Crippen MR) is 131 cm³/mol. The van der Waals surface area contributed by atoms with Crippen LogP contribution in [0, 0.1) is 11.8 Å². The Morgan fingerprint density at radius 3 is 2.26 bits per heavy atom. The molecule has 2 N–H and O–H groups in total. The van der Waals surface area contributed by atoms with E-state index in [0.717, 1.165) is 17.5 Å². The molecule has 3 heterocycles. The number of benzene rings is 2. The van der Waals surface area contributed by atoms with Crippen molar-refractivity contribution in [3.63, 3.8) is 0 Å². The van der Waals surface area contributed by atoms with Gasteiger partial charge in [-0.25, -0.2) is 4.79 Å². The Hall–Kier alpha value is -3.93. The molecule has 0 bridgehead atoms. The largest absolute Gasteiger partial charge is 0.497 e. The minimum Gasteiger partial charge on any atom is -0.497 e. The second-order valence-corrected chi connectivity index (χ2v) is 9.72. The van der Waals surface area contributed by atoms with E-state index >= 15 is 0 Å². The number of carboxylic acid groups (broad SMARTS) is 1. The number of hydrogen-bond donors (Lipinski definition) is 2. The fourth-order valence-electron chi connectivity index (χ4n) is 5.66. The van der Waals surface area contributed by atoms with Crippen molar-refractivity contribution in [1.29, 1.82) is 0 Å². The summed E-state index contributed by atoms with van der Waals surface area (Å²) in [5.41, 5.74) is 0.854. The molecule has 0 radical (unpaired) electrons. The Morgan fingerprint density at radius 1 is 1.08 bits per heavy atom. The van der Waals surface area contributed by atoms with E-state index in [4.69, 9.17) is 14.6 Å². The van der Waals surface area contributed by atoms with Crippen LogP contribution in [-0.4, -0.2) is 71.0 Å². The van der Waals surface area contributed by atoms with Crippen LogP contribution in [0.4, 0.5) is 13.2 Å². The number of halogens is 3. The molecule has 0 unspecified atom stereocenters. The summed E-state index contributed by atoms with van der Waals surface area (Å²) in [6.07, 6.45) is -3.77. The smallest absolute Gasteiger partial charge is 0.490 e. The van der Waals surface area contributed by atoms with E-state index in [1.807, 2.05) is 59.5 Å². The highest BCUT2D eigenvalue weighted by Gasteiger charge is 2.68. The van der Waals surface area contributed by atoms with E-state index in [2.05, 4.69) is 5.32 Å². The average Bonchev–Trinajstić information content (AvgIpc) is 3.36. The van der Waals surface area contributed by atoms with E-state index in [1.165, 1.54) is 11.9 Å². The van der Waals surface area contributed by atoms with E-state index in [9.17, 15) is 27.6 Å². The lowest BCUT2D eigenvalue weighted by Crippen LogP contribution is -2.63. The van der Waals surface area contributed by atoms with Crippen molar-refractivity contribution >= 4 is 23.7 Å². The van der Waals surface area contributed by atoms with Crippen molar-refractivity contribution in [3.8, 4) is 5.75 Å². The highest BCUT2D eigenvalue weighted by Crippen LogP contribution is 2.51. The lowest BCUT2D eigenvalue weighted by Gasteiger charge is -2.42. The Morgan fingerprint density at radius 2 is 1.69 bits per heavy atom. The second kappa shape index (κ2) is 10.7. The van der Waals surface area contributed by atoms with Gasteiger partial charge in [0.25, 0.3) is 0 Å². The van der Waals surface area contributed by atoms with Crippen molar-refractivity contribution in [1.82, 2.24) is 15.1 Å². The molecular weight excluding hydrogens is 519 g/mol. The lowest BCUT2D eigenvalue weighted by atomic mass is 9.74. The van der Waals surface area contributed by atoms with Crippen LogP contribution in [0.3, 0.4) is 0 Å². The first-order valence-corrected chi connectivity index (χ1v) is 12.3. The number of carbonyl (C=O) groups excluding carboxylic acids is 3. The SMILES string of the molecule is COc1ccc([C@H]2N[C@]3(CCCN(Cc4ccccc4)C3=O)[C@H]3C(=O)N(C)C(=O)[C@@H]23)cc1.O=C(O)C(F)(F)F. The minimum atomic E-state index is -5.08. The Labute approximate surface area is 222 Å². The zero-order valence-electron chi connectivity index (χ0n) is 21.3. The van der Waals surface area contributed by atoms with E-state index in [1.54, 1.807) is 7.11 Å². The van der Waals surface area contributed by atoms with E-state index < -0.39 is 35.6 Å². The molecule has 9 nitrogen and oxygen atoms in total. The number of methoxy groups -OCH3 is 1. The number of hydrogen-bond acceptors (Lipinski definition) is 6. The molecular formula is C27H28F3N3O6. The monoisotopic (exact) mass is 547 g/mol. The molecule has 208 valence electrons. The Balaban J connectivity index is 0.000000448. The maximum absolute atomic E-state index is 13.9. The molecule has 3 saturated heterocycles. The summed E-state index contributed by atoms with van der Waals surface area (Å²) < 4.78 is 37.0. The van der Waals surface area contributed by atoms with Gasteiger partial charge in [-0.1, -0.05) is 42.5 Å². The van der Waals surface area contributed by atoms with Crippen LogP contribution in [0.2, 0.25) is 0 Å². The Kier molecular flexibility index (Phi) is 7.69. The van der Waals surface area contributed by atoms with Crippen molar-refractivity contribution in [2.45, 2.75) is 37.1 Å². The maximum atomic E-state index is 13.9. The van der Waals surface area contributed by atoms with Crippen LogP contribution >= 0.6 is 0 Å². The third kappa shape index (κ3) is 5.20. The number of ether oxygens (including phenoxy) is 1. The Bertz CT molecular complexity index is 1250. The quantitative estimate of drug-likeness (QED) is 0.566. The van der Waals surface area contributed by atoms with Gasteiger partial charge in [0, 0.05) is 26.2 Å². The number of carbonyl (C=O) groups is 4. The standard InChI is InChI=1S/C25H27N3O4.C2HF3O2/c1-27-22(29)19-20(23(27)30)25(26-21(19)17-9-11-18(32-2)12-10-17)13-6-14-28(24(25)31)15-16-7-4-3-5-8-16;3-2(4,5)1(6)7/h3-5,7-12,19-21,26H,6,13-15H2,1-2H3;(H,6,7)/t19-,20-,21-,25-;/m1./s1. The molecule has 1 spiro atoms. The van der Waals surface area contributed by atoms with Crippen LogP contribution in [-0.2, 0) is 25.7 Å². The van der Waals surface area contributed by atoms with E-state index in [0.29, 0.717) is 25.3 Å². The fourth-order valence-corrected chi connectivity index (χ4v) is 5.66. The molecule has 3 amide bonds. The van der Waals surface area contributed by atoms with Gasteiger partial charge in [-0.05, 0) is 36.1 Å². The minimum absolute atomic E-state index is 0.0879. The van der Waals surface area contributed by atoms with Crippen molar-refractivity contribution in [2.75, 3.05) is 20.7 Å². The zero-order chi connectivity index (χ0) is 28.5. The summed E-state index contributed by atoms with van der Waals surface area (Å²) in [7, 11) is 3.13. The van der Waals surface area contributed by atoms with E-state index in [-0.39, 0.29) is 17.7 Å². The van der Waals surface area contributed by atoms with Crippen LogP contribution in [0.5, 0.6) is 5.75 Å². The number of fused-ring (bicyclic) bond motifs is 2. The first-order chi connectivity index (χ1) is 18.4. The van der Waals surface area contributed by atoms with Gasteiger partial charge in [0.15, 0.2) is 0 Å². The van der Waals surface area contributed by atoms with Gasteiger partial charge in [0.1, 0.15) is 11.3 Å². The number of nitrogens with one attached hydrogen (secondary N) is 1. The first-order valence-electron chi connectivity index (χ1n) is 12.3. The number of imide groups is 1. The van der Waals surface area contributed by atoms with Gasteiger partial charge < -0.3 is 14.7 Å². The molecule has 2 aromatic rings. The third-order valence-electron chi connectivity index (χ3n) is 7.48. The summed E-state index contributed by atoms with van der Waals surface area (Å²) in [5, 5.41) is 10.6. The molecule has 2 aromatic carbocycles. The number of nitrogens with zero attached hydrogens (tertiary/aromatic N) is 2. The van der Waals surface area contributed by atoms with Gasteiger partial charge >= 0.3 is 12.1 Å². The lowest BCUT2D eigenvalue weighted by molar-refractivity contribution is -0.192. The normalized spacial score (nSPS) is 26.4. The molecule has 0 saturated carbocycles. The number of likely N-dealkylation sites (tertiary alicyclic amines) is 2. The molecule has 4 atom stereocenters. The van der Waals surface area contributed by atoms with Gasteiger partial charge in [-0.15, -0.1) is 0 Å². The van der Waals surface area contributed by atoms with Gasteiger partial charge in [-0.3, -0.25) is 24.6 Å². The number of piperidine rings is 1. The topological polar surface area (TPSA) is 116 Å². The average molecular weight is 548 g/mol. The molecule has 3 fully saturated rings. The molecule has 39 heavy (non-hydrogen) atoms. The highest BCUT2D eigenvalue weighted by molar-refractivity contribution is 6.10. The molecule has 3 aliphatic heterocycles. The molecule has 12 heteroatoms. The highest BCUT2D eigenvalue weighted by atomic mass is 19.4. The van der Waals surface area contributed by atoms with Gasteiger partial charge in [0.05, 0.1) is 18.9 Å². The number of aliphatic carboxylic acids is 1. The van der Waals surface area contributed by atoms with Gasteiger partial charge in [0.2, 0.25) is 17.7 Å². The number of amides is 3. The molecule has 0 aliphatic carbocycles. The second-order valence-electron chi connectivity index (χ2n) is 9.72. The van der Waals surface area contributed by atoms with Crippen molar-refractivity contribution in [2.24, 2.45) is 11.8 Å². The van der Waals surface area contributed by atoms with Crippen molar-refractivity contribution < 1.29 is 42.2 Å². The summed E-state index contributed by atoms with van der Waals surface area (Å²) in [4.78, 5) is 52.2. The summed E-state index contributed by atoms with van der Waals surface area (Å²) in [6.45, 7) is 1.13. The third-order valence-corrected chi connectivity index (χ3v) is 7.48. The fraction of sp³-hybridized carbons (Fsp3) is 0.407. The molecule has 3 aliphatic rings. The first kappa shape index (κ1) is 28.1. The zero-order valence-corrected chi connectivity index (χ0v) is 21.3. The van der Waals surface area contributed by atoms with Crippen LogP contribution in [0.25, 0.3) is 0 Å². The van der Waals surface area contributed by atoms with Crippen LogP contribution in [0.1, 0.15) is 30.0 Å². The maximum Gasteiger partial charge on any atom is 0.490 e. The number of carboxylic acids is 1. The summed E-state index contributed by atoms with van der Waals surface area (Å²) in [5.74, 6) is -3.91. The predicted octanol–water partition coefficient (Wildman–Crippen LogP) is 2.77. The number of rotatable bonds is 4.